The summed E-state index contributed by atoms with van der Waals surface area (Å²) in [5.41, 5.74) is 0.633. The van der Waals surface area contributed by atoms with Crippen molar-refractivity contribution in [2.45, 2.75) is 43.9 Å². The van der Waals surface area contributed by atoms with E-state index in [1.807, 2.05) is 18.2 Å². The summed E-state index contributed by atoms with van der Waals surface area (Å²) in [7, 11) is 0. The Balaban J connectivity index is 1.28. The molecule has 0 atom stereocenters. The van der Waals surface area contributed by atoms with Gasteiger partial charge in [0.2, 0.25) is 5.88 Å². The molecule has 1 aromatic heterocycles. The van der Waals surface area contributed by atoms with Crippen LogP contribution in [0.1, 0.15) is 49.7 Å². The van der Waals surface area contributed by atoms with Gasteiger partial charge < -0.3 is 10.4 Å². The molecule has 8 nitrogen and oxygen atoms in total. The van der Waals surface area contributed by atoms with E-state index in [-0.39, 0.29) is 11.0 Å². The van der Waals surface area contributed by atoms with Crippen molar-refractivity contribution in [3.8, 4) is 11.6 Å². The third-order valence-electron chi connectivity index (χ3n) is 8.23. The van der Waals surface area contributed by atoms with E-state index < -0.39 is 23.2 Å². The van der Waals surface area contributed by atoms with Crippen molar-refractivity contribution in [3.05, 3.63) is 86.6 Å². The molecule has 4 fully saturated rings. The lowest BCUT2D eigenvalue weighted by Gasteiger charge is -2.57. The summed E-state index contributed by atoms with van der Waals surface area (Å²) in [4.78, 5) is 43.1. The number of nitrogens with one attached hydrogen (secondary N) is 2. The number of carbonyl (C=O) groups excluding carboxylic acids is 1. The van der Waals surface area contributed by atoms with E-state index in [4.69, 9.17) is 0 Å². The third-order valence-corrected chi connectivity index (χ3v) is 8.23. The number of nitrogens with zero attached hydrogens (tertiary/aromatic N) is 2. The van der Waals surface area contributed by atoms with Gasteiger partial charge in [-0.05, 0) is 91.5 Å². The number of hydrogen-bond acceptors (Lipinski definition) is 4. The zero-order chi connectivity index (χ0) is 24.9. The fourth-order valence-corrected chi connectivity index (χ4v) is 7.12. The van der Waals surface area contributed by atoms with Crippen molar-refractivity contribution in [2.24, 2.45) is 22.7 Å². The van der Waals surface area contributed by atoms with Crippen LogP contribution in [0.5, 0.6) is 5.88 Å². The molecule has 2 aromatic carbocycles. The Hall–Kier alpha value is -3.94. The predicted octanol–water partition coefficient (Wildman–Crippen LogP) is 4.35. The minimum atomic E-state index is -0.824. The van der Waals surface area contributed by atoms with Crippen LogP contribution in [0.25, 0.3) is 5.69 Å². The number of para-hydroxylation sites is 1. The maximum atomic E-state index is 12.6. The van der Waals surface area contributed by atoms with E-state index in [1.54, 1.807) is 24.3 Å². The van der Waals surface area contributed by atoms with Gasteiger partial charge in [0.05, 0.1) is 11.9 Å². The highest BCUT2D eigenvalue weighted by Gasteiger charge is 2.51. The molecule has 0 saturated heterocycles. The highest BCUT2D eigenvalue weighted by atomic mass is 16.3. The summed E-state index contributed by atoms with van der Waals surface area (Å²) in [6, 6.07) is 15.8. The van der Waals surface area contributed by atoms with Crippen molar-refractivity contribution in [2.75, 3.05) is 5.32 Å². The molecule has 36 heavy (non-hydrogen) atoms. The minimum Gasteiger partial charge on any atom is -0.493 e. The zero-order valence-corrected chi connectivity index (χ0v) is 19.8. The van der Waals surface area contributed by atoms with Gasteiger partial charge in [-0.15, -0.1) is 0 Å². The van der Waals surface area contributed by atoms with Crippen LogP contribution >= 0.6 is 0 Å². The van der Waals surface area contributed by atoms with Gasteiger partial charge in [-0.2, -0.15) is 0 Å². The smallest absolute Gasteiger partial charge is 0.345 e. The maximum Gasteiger partial charge on any atom is 0.345 e. The molecule has 0 radical (unpaired) electrons. The number of hydrogen-bond donors (Lipinski definition) is 3. The maximum absolute atomic E-state index is 12.6. The van der Waals surface area contributed by atoms with Crippen LogP contribution in [0.3, 0.4) is 0 Å². The Morgan fingerprint density at radius 2 is 1.58 bits per heavy atom. The molecule has 3 N–H and O–H groups in total. The van der Waals surface area contributed by atoms with Crippen molar-refractivity contribution in [1.29, 1.82) is 0 Å². The molecule has 0 spiro atoms. The molecule has 7 rings (SSSR count). The Bertz CT molecular complexity index is 1420. The van der Waals surface area contributed by atoms with Crippen LogP contribution in [-0.4, -0.2) is 26.9 Å². The number of amides is 2. The molecule has 0 aliphatic heterocycles. The zero-order valence-electron chi connectivity index (χ0n) is 19.8. The molecule has 0 unspecified atom stereocenters. The molecule has 4 aliphatic carbocycles. The largest absolute Gasteiger partial charge is 0.493 e. The number of urea groups is 1. The highest BCUT2D eigenvalue weighted by Crippen LogP contribution is 2.60. The lowest BCUT2D eigenvalue weighted by atomic mass is 9.48. The Morgan fingerprint density at radius 3 is 2.19 bits per heavy atom. The number of aromatic nitrogens is 2. The topological polar surface area (TPSA) is 117 Å². The Labute approximate surface area is 207 Å². The van der Waals surface area contributed by atoms with E-state index in [1.165, 1.54) is 44.1 Å². The number of aliphatic imine (C=N–C) groups is 1. The summed E-state index contributed by atoms with van der Waals surface area (Å²) in [5, 5.41) is 13.4. The number of aromatic amines is 1. The average Bonchev–Trinajstić information content (AvgIpc) is 2.84. The Morgan fingerprint density at radius 1 is 0.972 bits per heavy atom. The first-order valence-corrected chi connectivity index (χ1v) is 12.5. The SMILES string of the molecule is O=C(N=Cc1c(O)n(-c2ccc(C34CC5CC(CC(C5)C3)C4)cc2)c(=O)[nH]c1=O)Nc1ccccc1. The van der Waals surface area contributed by atoms with Gasteiger partial charge >= 0.3 is 11.7 Å². The van der Waals surface area contributed by atoms with Crippen LogP contribution in [0.15, 0.2) is 69.2 Å². The second kappa shape index (κ2) is 8.62. The number of aromatic hydroxyl groups is 1. The fraction of sp³-hybridized carbons (Fsp3) is 0.357. The van der Waals surface area contributed by atoms with Crippen LogP contribution in [0, 0.1) is 17.8 Å². The van der Waals surface area contributed by atoms with Gasteiger partial charge in [-0.25, -0.2) is 19.1 Å². The molecule has 3 aromatic rings. The second-order valence-corrected chi connectivity index (χ2v) is 10.6. The fourth-order valence-electron chi connectivity index (χ4n) is 7.12. The van der Waals surface area contributed by atoms with Crippen molar-refractivity contribution >= 4 is 17.9 Å². The van der Waals surface area contributed by atoms with E-state index >= 15 is 0 Å². The Kier molecular flexibility index (Phi) is 5.39. The average molecular weight is 485 g/mol. The van der Waals surface area contributed by atoms with E-state index in [0.29, 0.717) is 11.4 Å². The first-order chi connectivity index (χ1) is 17.4. The number of H-pyrrole nitrogens is 1. The van der Waals surface area contributed by atoms with Gasteiger partial charge in [0.25, 0.3) is 5.56 Å². The molecule has 1 heterocycles. The van der Waals surface area contributed by atoms with Gasteiger partial charge in [-0.3, -0.25) is 9.78 Å². The van der Waals surface area contributed by atoms with Crippen LogP contribution in [0.2, 0.25) is 0 Å². The first kappa shape index (κ1) is 22.5. The number of anilines is 1. The molecule has 8 heteroatoms. The van der Waals surface area contributed by atoms with Gasteiger partial charge in [0, 0.05) is 5.69 Å². The minimum absolute atomic E-state index is 0.217. The second-order valence-electron chi connectivity index (χ2n) is 10.6. The molecule has 4 aliphatic rings. The first-order valence-electron chi connectivity index (χ1n) is 12.5. The number of benzene rings is 2. The summed E-state index contributed by atoms with van der Waals surface area (Å²) in [6.07, 6.45) is 8.75. The van der Waals surface area contributed by atoms with E-state index in [0.717, 1.165) is 28.5 Å². The number of rotatable bonds is 4. The van der Waals surface area contributed by atoms with E-state index in [2.05, 4.69) is 27.4 Å². The van der Waals surface area contributed by atoms with E-state index in [9.17, 15) is 19.5 Å². The quantitative estimate of drug-likeness (QED) is 0.477. The van der Waals surface area contributed by atoms with Crippen molar-refractivity contribution in [3.63, 3.8) is 0 Å². The summed E-state index contributed by atoms with van der Waals surface area (Å²) < 4.78 is 1.03. The summed E-state index contributed by atoms with van der Waals surface area (Å²) >= 11 is 0. The molecule has 184 valence electrons. The summed E-state index contributed by atoms with van der Waals surface area (Å²) in [6.45, 7) is 0. The highest BCUT2D eigenvalue weighted by molar-refractivity contribution is 5.98. The van der Waals surface area contributed by atoms with Crippen LogP contribution in [-0.2, 0) is 5.41 Å². The van der Waals surface area contributed by atoms with Gasteiger partial charge in [-0.1, -0.05) is 30.3 Å². The van der Waals surface area contributed by atoms with Gasteiger partial charge in [0.15, 0.2) is 0 Å². The monoisotopic (exact) mass is 484 g/mol. The predicted molar refractivity (Wildman–Crippen MR) is 137 cm³/mol. The van der Waals surface area contributed by atoms with Crippen molar-refractivity contribution < 1.29 is 9.90 Å². The molecule has 4 saturated carbocycles. The third kappa shape index (κ3) is 3.96. The lowest BCUT2D eigenvalue weighted by molar-refractivity contribution is -0.00518. The van der Waals surface area contributed by atoms with Crippen molar-refractivity contribution in [1.82, 2.24) is 9.55 Å². The number of carbonyl (C=O) groups is 1. The summed E-state index contributed by atoms with van der Waals surface area (Å²) in [5.74, 6) is 1.90. The van der Waals surface area contributed by atoms with Crippen LogP contribution in [0.4, 0.5) is 10.5 Å². The standard InChI is InChI=1S/C28H28N4O4/c33-24-23(16-29-26(35)30-21-4-2-1-3-5-21)25(34)32(27(36)31-24)22-8-6-20(7-9-22)28-13-17-10-18(14-28)12-19(11-17)15-28/h1-9,16-19,34H,10-15H2,(H,30,35)(H,31,33,36). The van der Waals surface area contributed by atoms with Crippen LogP contribution < -0.4 is 16.6 Å². The molecular weight excluding hydrogens is 456 g/mol. The van der Waals surface area contributed by atoms with Gasteiger partial charge in [0.1, 0.15) is 5.56 Å². The normalized spacial score (nSPS) is 26.4. The molecule has 4 bridgehead atoms. The molecule has 2 amide bonds. The molecular formula is C28H28N4O4. The lowest BCUT2D eigenvalue weighted by Crippen LogP contribution is -2.48.